The van der Waals surface area contributed by atoms with Crippen molar-refractivity contribution >= 4 is 23.6 Å². The molecule has 0 saturated heterocycles. The summed E-state index contributed by atoms with van der Waals surface area (Å²) < 4.78 is 10.1. The summed E-state index contributed by atoms with van der Waals surface area (Å²) in [5.41, 5.74) is 1.35. The van der Waals surface area contributed by atoms with E-state index in [4.69, 9.17) is 4.74 Å². The topological polar surface area (TPSA) is 84.9 Å². The largest absolute Gasteiger partial charge is 0.492 e. The minimum atomic E-state index is -0.580. The van der Waals surface area contributed by atoms with Crippen LogP contribution in [0.2, 0.25) is 0 Å². The SMILES string of the molecule is COC(=O)Nc1cccc(OCCN2C(=O)c3ccccc3C2=O)c1. The summed E-state index contributed by atoms with van der Waals surface area (Å²) in [6.45, 7) is 0.286. The van der Waals surface area contributed by atoms with E-state index < -0.39 is 6.09 Å². The number of anilines is 1. The molecule has 3 amide bonds. The molecule has 1 N–H and O–H groups in total. The molecule has 0 aliphatic carbocycles. The third-order valence-corrected chi connectivity index (χ3v) is 3.73. The summed E-state index contributed by atoms with van der Waals surface area (Å²) in [5.74, 6) is -0.124. The van der Waals surface area contributed by atoms with E-state index in [0.717, 1.165) is 0 Å². The Hall–Kier alpha value is -3.35. The van der Waals surface area contributed by atoms with E-state index in [1.165, 1.54) is 12.0 Å². The number of methoxy groups -OCH3 is 1. The van der Waals surface area contributed by atoms with E-state index in [2.05, 4.69) is 10.1 Å². The van der Waals surface area contributed by atoms with Crippen molar-refractivity contribution in [3.63, 3.8) is 0 Å². The molecule has 0 spiro atoms. The summed E-state index contributed by atoms with van der Waals surface area (Å²) in [6.07, 6.45) is -0.580. The molecular formula is C18H16N2O5. The number of fused-ring (bicyclic) bond motifs is 1. The fourth-order valence-electron chi connectivity index (χ4n) is 2.53. The highest BCUT2D eigenvalue weighted by atomic mass is 16.5. The van der Waals surface area contributed by atoms with Crippen molar-refractivity contribution in [2.45, 2.75) is 0 Å². The van der Waals surface area contributed by atoms with E-state index in [1.807, 2.05) is 0 Å². The van der Waals surface area contributed by atoms with Crippen LogP contribution in [0.25, 0.3) is 0 Å². The lowest BCUT2D eigenvalue weighted by atomic mass is 10.1. The summed E-state index contributed by atoms with van der Waals surface area (Å²) in [6, 6.07) is 13.5. The minimum Gasteiger partial charge on any atom is -0.492 e. The molecule has 0 unspecified atom stereocenters. The molecule has 2 aromatic rings. The minimum absolute atomic E-state index is 0.140. The van der Waals surface area contributed by atoms with Gasteiger partial charge in [-0.2, -0.15) is 0 Å². The number of nitrogens with one attached hydrogen (secondary N) is 1. The van der Waals surface area contributed by atoms with Crippen molar-refractivity contribution < 1.29 is 23.9 Å². The third kappa shape index (κ3) is 3.45. The van der Waals surface area contributed by atoms with E-state index >= 15 is 0 Å². The third-order valence-electron chi connectivity index (χ3n) is 3.73. The number of carbonyl (C=O) groups excluding carboxylic acids is 3. The Labute approximate surface area is 144 Å². The number of ether oxygens (including phenoxy) is 2. The predicted molar refractivity (Wildman–Crippen MR) is 89.8 cm³/mol. The van der Waals surface area contributed by atoms with Crippen LogP contribution in [0.1, 0.15) is 20.7 Å². The van der Waals surface area contributed by atoms with E-state index in [-0.39, 0.29) is 25.0 Å². The second kappa shape index (κ2) is 7.04. The summed E-state index contributed by atoms with van der Waals surface area (Å²) in [7, 11) is 1.28. The van der Waals surface area contributed by atoms with Crippen LogP contribution in [0.15, 0.2) is 48.5 Å². The van der Waals surface area contributed by atoms with E-state index in [9.17, 15) is 14.4 Å². The number of imide groups is 1. The molecular weight excluding hydrogens is 324 g/mol. The monoisotopic (exact) mass is 340 g/mol. The van der Waals surface area contributed by atoms with Gasteiger partial charge in [-0.1, -0.05) is 18.2 Å². The van der Waals surface area contributed by atoms with Gasteiger partial charge in [0.05, 0.1) is 24.8 Å². The first-order valence-corrected chi connectivity index (χ1v) is 7.63. The van der Waals surface area contributed by atoms with Crippen LogP contribution < -0.4 is 10.1 Å². The lowest BCUT2D eigenvalue weighted by molar-refractivity contribution is 0.0631. The van der Waals surface area contributed by atoms with Crippen molar-refractivity contribution in [3.05, 3.63) is 59.7 Å². The zero-order valence-electron chi connectivity index (χ0n) is 13.5. The maximum atomic E-state index is 12.2. The van der Waals surface area contributed by atoms with Crippen LogP contribution >= 0.6 is 0 Å². The van der Waals surface area contributed by atoms with Gasteiger partial charge >= 0.3 is 6.09 Å². The Morgan fingerprint density at radius 2 is 1.72 bits per heavy atom. The smallest absolute Gasteiger partial charge is 0.411 e. The van der Waals surface area contributed by atoms with Crippen LogP contribution in [0.4, 0.5) is 10.5 Å². The van der Waals surface area contributed by atoms with Crippen LogP contribution in [0.5, 0.6) is 5.75 Å². The molecule has 0 radical (unpaired) electrons. The Balaban J connectivity index is 1.59. The molecule has 0 saturated carbocycles. The van der Waals surface area contributed by atoms with Crippen LogP contribution in [0, 0.1) is 0 Å². The number of amides is 3. The molecule has 25 heavy (non-hydrogen) atoms. The van der Waals surface area contributed by atoms with Crippen molar-refractivity contribution in [1.29, 1.82) is 0 Å². The van der Waals surface area contributed by atoms with E-state index in [1.54, 1.807) is 48.5 Å². The second-order valence-corrected chi connectivity index (χ2v) is 5.30. The quantitative estimate of drug-likeness (QED) is 0.846. The van der Waals surface area contributed by atoms with Crippen LogP contribution in [-0.2, 0) is 4.74 Å². The standard InChI is InChI=1S/C18H16N2O5/c1-24-18(23)19-12-5-4-6-13(11-12)25-10-9-20-16(21)14-7-2-3-8-15(14)17(20)22/h2-8,11H,9-10H2,1H3,(H,19,23). The fraction of sp³-hybridized carbons (Fsp3) is 0.167. The molecule has 0 bridgehead atoms. The Morgan fingerprint density at radius 1 is 1.04 bits per heavy atom. The Morgan fingerprint density at radius 3 is 2.36 bits per heavy atom. The molecule has 128 valence electrons. The van der Waals surface area contributed by atoms with Gasteiger partial charge in [0, 0.05) is 11.8 Å². The normalized spacial score (nSPS) is 12.8. The molecule has 7 heteroatoms. The number of hydrogen-bond acceptors (Lipinski definition) is 5. The highest BCUT2D eigenvalue weighted by molar-refractivity contribution is 6.21. The first-order chi connectivity index (χ1) is 12.1. The van der Waals surface area contributed by atoms with Gasteiger partial charge in [-0.3, -0.25) is 19.8 Å². The van der Waals surface area contributed by atoms with Gasteiger partial charge in [-0.15, -0.1) is 0 Å². The number of rotatable bonds is 5. The number of nitrogens with zero attached hydrogens (tertiary/aromatic N) is 1. The molecule has 0 aromatic heterocycles. The molecule has 1 heterocycles. The Kier molecular flexibility index (Phi) is 4.65. The predicted octanol–water partition coefficient (Wildman–Crippen LogP) is 2.54. The van der Waals surface area contributed by atoms with Gasteiger partial charge in [-0.05, 0) is 24.3 Å². The number of benzene rings is 2. The van der Waals surface area contributed by atoms with E-state index in [0.29, 0.717) is 22.6 Å². The molecule has 0 fully saturated rings. The summed E-state index contributed by atoms with van der Waals surface area (Å²) in [5, 5.41) is 2.53. The molecule has 3 rings (SSSR count). The fourth-order valence-corrected chi connectivity index (χ4v) is 2.53. The summed E-state index contributed by atoms with van der Waals surface area (Å²) in [4.78, 5) is 36.9. The molecule has 1 aliphatic heterocycles. The first kappa shape index (κ1) is 16.5. The highest BCUT2D eigenvalue weighted by Gasteiger charge is 2.34. The van der Waals surface area contributed by atoms with Crippen LogP contribution in [0.3, 0.4) is 0 Å². The highest BCUT2D eigenvalue weighted by Crippen LogP contribution is 2.22. The van der Waals surface area contributed by atoms with Gasteiger partial charge in [-0.25, -0.2) is 4.79 Å². The maximum absolute atomic E-state index is 12.2. The number of hydrogen-bond donors (Lipinski definition) is 1. The Bertz CT molecular complexity index is 799. The maximum Gasteiger partial charge on any atom is 0.411 e. The van der Waals surface area contributed by atoms with Gasteiger partial charge in [0.25, 0.3) is 11.8 Å². The first-order valence-electron chi connectivity index (χ1n) is 7.63. The lowest BCUT2D eigenvalue weighted by Gasteiger charge is -2.14. The number of carbonyl (C=O) groups is 3. The van der Waals surface area contributed by atoms with Crippen LogP contribution in [-0.4, -0.2) is 43.1 Å². The van der Waals surface area contributed by atoms with Crippen molar-refractivity contribution in [2.24, 2.45) is 0 Å². The zero-order chi connectivity index (χ0) is 17.8. The van der Waals surface area contributed by atoms with Gasteiger partial charge in [0.2, 0.25) is 0 Å². The van der Waals surface area contributed by atoms with Crippen molar-refractivity contribution in [3.8, 4) is 5.75 Å². The molecule has 0 atom stereocenters. The molecule has 7 nitrogen and oxygen atoms in total. The van der Waals surface area contributed by atoms with Gasteiger partial charge < -0.3 is 9.47 Å². The average molecular weight is 340 g/mol. The summed E-state index contributed by atoms with van der Waals surface area (Å²) >= 11 is 0. The van der Waals surface area contributed by atoms with Gasteiger partial charge in [0.1, 0.15) is 12.4 Å². The molecule has 1 aliphatic rings. The van der Waals surface area contributed by atoms with Crippen molar-refractivity contribution in [1.82, 2.24) is 4.90 Å². The molecule has 2 aromatic carbocycles. The van der Waals surface area contributed by atoms with Crippen molar-refractivity contribution in [2.75, 3.05) is 25.6 Å². The average Bonchev–Trinajstić information content (AvgIpc) is 2.87. The second-order valence-electron chi connectivity index (χ2n) is 5.30. The zero-order valence-corrected chi connectivity index (χ0v) is 13.5. The lowest BCUT2D eigenvalue weighted by Crippen LogP contribution is -2.33. The van der Waals surface area contributed by atoms with Gasteiger partial charge in [0.15, 0.2) is 0 Å².